The van der Waals surface area contributed by atoms with Crippen LogP contribution in [0.4, 0.5) is 23.8 Å². The Labute approximate surface area is 138 Å². The molecule has 2 heterocycles. The maximum absolute atomic E-state index is 12.5. The van der Waals surface area contributed by atoms with E-state index in [9.17, 15) is 18.0 Å². The molecule has 1 fully saturated rings. The van der Waals surface area contributed by atoms with Gasteiger partial charge in [0.25, 0.3) is 0 Å². The third kappa shape index (κ3) is 4.81. The molecule has 1 aliphatic heterocycles. The van der Waals surface area contributed by atoms with Gasteiger partial charge < -0.3 is 15.4 Å². The molecule has 2 rings (SSSR count). The first-order valence-corrected chi connectivity index (χ1v) is 7.72. The molecule has 134 valence electrons. The van der Waals surface area contributed by atoms with Gasteiger partial charge in [-0.25, -0.2) is 9.78 Å². The Morgan fingerprint density at radius 2 is 2.12 bits per heavy atom. The van der Waals surface area contributed by atoms with Gasteiger partial charge in [0, 0.05) is 38.5 Å². The first-order chi connectivity index (χ1) is 11.3. The summed E-state index contributed by atoms with van der Waals surface area (Å²) in [7, 11) is 0. The largest absolute Gasteiger partial charge is 0.417 e. The van der Waals surface area contributed by atoms with Crippen molar-refractivity contribution in [2.45, 2.75) is 25.6 Å². The molecular weight excluding hydrogens is 325 g/mol. The molecule has 1 unspecified atom stereocenters. The van der Waals surface area contributed by atoms with Crippen LogP contribution in [0.3, 0.4) is 0 Å². The Bertz CT molecular complexity index is 549. The Balaban J connectivity index is 1.85. The van der Waals surface area contributed by atoms with Crippen molar-refractivity contribution in [1.82, 2.24) is 9.88 Å². The van der Waals surface area contributed by atoms with E-state index in [-0.39, 0.29) is 17.9 Å². The highest BCUT2D eigenvalue weighted by molar-refractivity contribution is 5.93. The fourth-order valence-electron chi connectivity index (χ4n) is 2.34. The van der Waals surface area contributed by atoms with Crippen LogP contribution in [0.15, 0.2) is 18.3 Å². The van der Waals surface area contributed by atoms with Crippen LogP contribution < -0.4 is 10.6 Å². The number of alkyl halides is 3. The number of nitrogens with zero attached hydrogens (tertiary/aromatic N) is 3. The molecule has 0 spiro atoms. The summed E-state index contributed by atoms with van der Waals surface area (Å²) in [5.74, 6) is 0.226. The summed E-state index contributed by atoms with van der Waals surface area (Å²) in [5.41, 5.74) is 4.73. The van der Waals surface area contributed by atoms with Crippen molar-refractivity contribution in [3.63, 3.8) is 0 Å². The van der Waals surface area contributed by atoms with Gasteiger partial charge in [-0.1, -0.05) is 0 Å². The number of amides is 2. The maximum Gasteiger partial charge on any atom is 0.417 e. The second kappa shape index (κ2) is 7.80. The molecule has 6 nitrogen and oxygen atoms in total. The number of carbonyl (C=O) groups excluding carboxylic acids is 1. The molecule has 0 aliphatic carbocycles. The molecule has 2 N–H and O–H groups in total. The quantitative estimate of drug-likeness (QED) is 0.768. The smallest absolute Gasteiger partial charge is 0.380 e. The topological polar surface area (TPSA) is 71.7 Å². The van der Waals surface area contributed by atoms with Crippen molar-refractivity contribution < 1.29 is 22.7 Å². The second-order valence-corrected chi connectivity index (χ2v) is 5.73. The molecule has 9 heteroatoms. The number of nitrogens with two attached hydrogens (primary N) is 1. The summed E-state index contributed by atoms with van der Waals surface area (Å²) in [4.78, 5) is 19.1. The van der Waals surface area contributed by atoms with E-state index in [4.69, 9.17) is 10.5 Å². The molecule has 1 aromatic heterocycles. The average molecular weight is 346 g/mol. The van der Waals surface area contributed by atoms with Gasteiger partial charge in [-0.15, -0.1) is 0 Å². The lowest BCUT2D eigenvalue weighted by atomic mass is 10.3. The fraction of sp³-hybridized carbons (Fsp3) is 0.600. The van der Waals surface area contributed by atoms with Crippen molar-refractivity contribution in [2.24, 2.45) is 5.73 Å². The van der Waals surface area contributed by atoms with Gasteiger partial charge in [0.1, 0.15) is 5.82 Å². The van der Waals surface area contributed by atoms with Crippen LogP contribution in [-0.4, -0.2) is 54.8 Å². The first-order valence-electron chi connectivity index (χ1n) is 7.72. The van der Waals surface area contributed by atoms with Gasteiger partial charge >= 0.3 is 12.2 Å². The Morgan fingerprint density at radius 3 is 2.71 bits per heavy atom. The first kappa shape index (κ1) is 18.5. The van der Waals surface area contributed by atoms with Crippen LogP contribution in [0, 0.1) is 0 Å². The monoisotopic (exact) mass is 346 g/mol. The zero-order chi connectivity index (χ0) is 17.7. The number of anilines is 1. The van der Waals surface area contributed by atoms with Gasteiger partial charge in [-0.3, -0.25) is 4.90 Å². The molecule has 2 amide bonds. The van der Waals surface area contributed by atoms with E-state index in [1.54, 1.807) is 4.90 Å². The van der Waals surface area contributed by atoms with Crippen LogP contribution in [0.2, 0.25) is 0 Å². The number of pyridine rings is 1. The van der Waals surface area contributed by atoms with Crippen LogP contribution in [0.5, 0.6) is 0 Å². The molecule has 1 aromatic rings. The summed E-state index contributed by atoms with van der Waals surface area (Å²) in [6.45, 7) is 4.25. The number of aromatic nitrogens is 1. The third-order valence-electron chi connectivity index (χ3n) is 3.54. The van der Waals surface area contributed by atoms with Crippen LogP contribution in [-0.2, 0) is 10.9 Å². The van der Waals surface area contributed by atoms with Crippen molar-refractivity contribution in [2.75, 3.05) is 37.7 Å². The van der Waals surface area contributed by atoms with Gasteiger partial charge in [0.05, 0.1) is 12.2 Å². The van der Waals surface area contributed by atoms with Gasteiger partial charge in [-0.05, 0) is 25.5 Å². The Morgan fingerprint density at radius 1 is 1.38 bits per heavy atom. The van der Waals surface area contributed by atoms with Gasteiger partial charge in [0.15, 0.2) is 0 Å². The predicted octanol–water partition coefficient (Wildman–Crippen LogP) is 2.10. The minimum Gasteiger partial charge on any atom is -0.380 e. The molecule has 1 atom stereocenters. The lowest BCUT2D eigenvalue weighted by Crippen LogP contribution is -2.33. The number of rotatable bonds is 7. The molecular formula is C15H21F3N4O2. The predicted molar refractivity (Wildman–Crippen MR) is 82.6 cm³/mol. The standard InChI is InChI=1S/C15H21F3N4O2/c1-11(19)10-24-8-2-5-21-6-7-22(14(21)23)13-4-3-12(9-20-13)15(16,17)18/h3-4,9,11H,2,5-8,10,19H2,1H3. The maximum atomic E-state index is 12.5. The Kier molecular flexibility index (Phi) is 6.00. The molecule has 0 saturated carbocycles. The van der Waals surface area contributed by atoms with Gasteiger partial charge in [-0.2, -0.15) is 13.2 Å². The highest BCUT2D eigenvalue weighted by Gasteiger charge is 2.33. The van der Waals surface area contributed by atoms with Crippen LogP contribution in [0.1, 0.15) is 18.9 Å². The molecule has 1 aliphatic rings. The SMILES string of the molecule is CC(N)COCCCN1CCN(c2ccc(C(F)(F)F)cn2)C1=O. The number of urea groups is 1. The highest BCUT2D eigenvalue weighted by Crippen LogP contribution is 2.29. The lowest BCUT2D eigenvalue weighted by molar-refractivity contribution is -0.137. The van der Waals surface area contributed by atoms with Crippen molar-refractivity contribution in [3.05, 3.63) is 23.9 Å². The van der Waals surface area contributed by atoms with Crippen LogP contribution >= 0.6 is 0 Å². The highest BCUT2D eigenvalue weighted by atomic mass is 19.4. The minimum absolute atomic E-state index is 0.0281. The fourth-order valence-corrected chi connectivity index (χ4v) is 2.34. The van der Waals surface area contributed by atoms with Crippen molar-refractivity contribution in [3.8, 4) is 0 Å². The average Bonchev–Trinajstić information content (AvgIpc) is 2.87. The van der Waals surface area contributed by atoms with Crippen molar-refractivity contribution in [1.29, 1.82) is 0 Å². The summed E-state index contributed by atoms with van der Waals surface area (Å²) in [6, 6.07) is 1.87. The summed E-state index contributed by atoms with van der Waals surface area (Å²) < 4.78 is 43.0. The molecule has 0 radical (unpaired) electrons. The van der Waals surface area contributed by atoms with E-state index in [1.165, 1.54) is 11.0 Å². The summed E-state index contributed by atoms with van der Waals surface area (Å²) >= 11 is 0. The van der Waals surface area contributed by atoms with Crippen molar-refractivity contribution >= 4 is 11.8 Å². The normalized spacial score (nSPS) is 16.8. The summed E-state index contributed by atoms with van der Waals surface area (Å²) in [6.07, 6.45) is -3.02. The third-order valence-corrected chi connectivity index (χ3v) is 3.54. The van der Waals surface area contributed by atoms with Gasteiger partial charge in [0.2, 0.25) is 0 Å². The van der Waals surface area contributed by atoms with E-state index >= 15 is 0 Å². The summed E-state index contributed by atoms with van der Waals surface area (Å²) in [5, 5.41) is 0. The van der Waals surface area contributed by atoms with E-state index < -0.39 is 11.7 Å². The van der Waals surface area contributed by atoms with E-state index in [1.807, 2.05) is 6.92 Å². The number of ether oxygens (including phenoxy) is 1. The van der Waals surface area contributed by atoms with E-state index in [2.05, 4.69) is 4.98 Å². The molecule has 1 saturated heterocycles. The second-order valence-electron chi connectivity index (χ2n) is 5.73. The number of carbonyl (C=O) groups is 1. The molecule has 0 bridgehead atoms. The zero-order valence-electron chi connectivity index (χ0n) is 13.4. The Hall–Kier alpha value is -1.87. The number of hydrogen-bond donors (Lipinski definition) is 1. The number of hydrogen-bond acceptors (Lipinski definition) is 4. The van der Waals surface area contributed by atoms with Crippen LogP contribution in [0.25, 0.3) is 0 Å². The van der Waals surface area contributed by atoms with E-state index in [0.29, 0.717) is 39.3 Å². The lowest BCUT2D eigenvalue weighted by Gasteiger charge is -2.18. The minimum atomic E-state index is -4.44. The number of halogens is 3. The zero-order valence-corrected chi connectivity index (χ0v) is 13.4. The molecule has 0 aromatic carbocycles. The molecule has 24 heavy (non-hydrogen) atoms. The van der Waals surface area contributed by atoms with E-state index in [0.717, 1.165) is 12.3 Å².